The summed E-state index contributed by atoms with van der Waals surface area (Å²) in [6.07, 6.45) is 6.25. The number of carbonyl (C=O) groups is 1. The molecule has 0 spiro atoms. The molecule has 116 valence electrons. The van der Waals surface area contributed by atoms with Crippen LogP contribution in [0.5, 0.6) is 0 Å². The number of aliphatic carboxylic acids is 1. The van der Waals surface area contributed by atoms with Crippen LogP contribution in [0, 0.1) is 11.3 Å². The Balaban J connectivity index is 1.48. The fraction of sp³-hybridized carbons (Fsp3) is 0.500. The van der Waals surface area contributed by atoms with Crippen LogP contribution in [0.2, 0.25) is 0 Å². The van der Waals surface area contributed by atoms with E-state index in [0.29, 0.717) is 12.5 Å². The second-order valence-electron chi connectivity index (χ2n) is 6.38. The van der Waals surface area contributed by atoms with E-state index in [9.17, 15) is 9.90 Å². The van der Waals surface area contributed by atoms with E-state index in [1.807, 2.05) is 6.07 Å². The number of hydrogen-bond donors (Lipinski definition) is 1. The van der Waals surface area contributed by atoms with Crippen LogP contribution >= 0.6 is 11.3 Å². The molecule has 1 aliphatic heterocycles. The van der Waals surface area contributed by atoms with Gasteiger partial charge in [0, 0.05) is 30.6 Å². The maximum Gasteiger partial charge on any atom is 0.311 e. The largest absolute Gasteiger partial charge is 0.481 e. The molecule has 1 saturated heterocycles. The van der Waals surface area contributed by atoms with Crippen molar-refractivity contribution in [2.24, 2.45) is 11.3 Å². The van der Waals surface area contributed by atoms with Crippen molar-refractivity contribution in [3.8, 4) is 10.6 Å². The molecule has 0 bridgehead atoms. The number of hydrogen-bond acceptors (Lipinski definition) is 5. The predicted molar refractivity (Wildman–Crippen MR) is 82.5 cm³/mol. The summed E-state index contributed by atoms with van der Waals surface area (Å²) in [4.78, 5) is 18.6. The van der Waals surface area contributed by atoms with Gasteiger partial charge in [-0.15, -0.1) is 11.3 Å². The maximum atomic E-state index is 11.7. The number of aromatic nitrogens is 1. The number of carboxylic acid groups (broad SMARTS) is 1. The van der Waals surface area contributed by atoms with Gasteiger partial charge in [0.1, 0.15) is 11.3 Å². The Morgan fingerprint density at radius 1 is 1.59 bits per heavy atom. The molecular weight excluding hydrogens is 300 g/mol. The SMILES string of the molecule is O=C(O)[C@@]12CCC[C@H]1CN(Cc1csc(-c3ccoc3)n1)C2. The molecule has 1 saturated carbocycles. The molecule has 6 heteroatoms. The van der Waals surface area contributed by atoms with Crippen molar-refractivity contribution in [3.63, 3.8) is 0 Å². The van der Waals surface area contributed by atoms with Gasteiger partial charge in [-0.2, -0.15) is 0 Å². The second kappa shape index (κ2) is 5.21. The van der Waals surface area contributed by atoms with Crippen LogP contribution in [0.15, 0.2) is 28.4 Å². The molecule has 0 radical (unpaired) electrons. The zero-order valence-electron chi connectivity index (χ0n) is 12.2. The molecule has 22 heavy (non-hydrogen) atoms. The lowest BCUT2D eigenvalue weighted by Gasteiger charge is -2.23. The minimum atomic E-state index is -0.616. The molecule has 2 atom stereocenters. The third-order valence-corrected chi connectivity index (χ3v) is 6.01. The van der Waals surface area contributed by atoms with Crippen molar-refractivity contribution in [2.75, 3.05) is 13.1 Å². The summed E-state index contributed by atoms with van der Waals surface area (Å²) in [7, 11) is 0. The number of thiazole rings is 1. The minimum absolute atomic E-state index is 0.303. The molecule has 0 amide bonds. The van der Waals surface area contributed by atoms with Crippen LogP contribution in [-0.2, 0) is 11.3 Å². The number of fused-ring (bicyclic) bond motifs is 1. The molecule has 0 unspecified atom stereocenters. The molecule has 2 aromatic rings. The van der Waals surface area contributed by atoms with E-state index in [1.54, 1.807) is 23.9 Å². The molecular formula is C16H18N2O3S. The Kier molecular flexibility index (Phi) is 3.31. The van der Waals surface area contributed by atoms with Gasteiger partial charge in [-0.1, -0.05) is 6.42 Å². The summed E-state index contributed by atoms with van der Waals surface area (Å²) in [5, 5.41) is 12.7. The van der Waals surface area contributed by atoms with E-state index in [2.05, 4.69) is 15.3 Å². The second-order valence-corrected chi connectivity index (χ2v) is 7.23. The zero-order chi connectivity index (χ0) is 15.2. The average molecular weight is 318 g/mol. The molecule has 5 nitrogen and oxygen atoms in total. The first-order valence-corrected chi connectivity index (χ1v) is 8.48. The zero-order valence-corrected chi connectivity index (χ0v) is 13.0. The molecule has 1 aliphatic carbocycles. The summed E-state index contributed by atoms with van der Waals surface area (Å²) in [5.41, 5.74) is 1.50. The molecule has 4 rings (SSSR count). The van der Waals surface area contributed by atoms with Gasteiger partial charge >= 0.3 is 5.97 Å². The highest BCUT2D eigenvalue weighted by Gasteiger charge is 2.54. The average Bonchev–Trinajstić information content (AvgIpc) is 3.22. The van der Waals surface area contributed by atoms with Gasteiger partial charge in [-0.05, 0) is 24.8 Å². The van der Waals surface area contributed by atoms with Gasteiger partial charge in [0.25, 0.3) is 0 Å². The quantitative estimate of drug-likeness (QED) is 0.938. The van der Waals surface area contributed by atoms with E-state index < -0.39 is 11.4 Å². The van der Waals surface area contributed by atoms with Crippen LogP contribution in [0.25, 0.3) is 10.6 Å². The maximum absolute atomic E-state index is 11.7. The van der Waals surface area contributed by atoms with Crippen molar-refractivity contribution >= 4 is 17.3 Å². The van der Waals surface area contributed by atoms with Gasteiger partial charge in [0.05, 0.1) is 17.4 Å². The Hall–Kier alpha value is -1.66. The fourth-order valence-corrected chi connectivity index (χ4v) is 4.79. The van der Waals surface area contributed by atoms with Crippen molar-refractivity contribution in [1.82, 2.24) is 9.88 Å². The van der Waals surface area contributed by atoms with Gasteiger partial charge in [0.2, 0.25) is 0 Å². The van der Waals surface area contributed by atoms with Crippen LogP contribution in [-0.4, -0.2) is 34.0 Å². The topological polar surface area (TPSA) is 66.6 Å². The first kappa shape index (κ1) is 14.0. The van der Waals surface area contributed by atoms with Crippen molar-refractivity contribution in [1.29, 1.82) is 0 Å². The summed E-state index contributed by atoms with van der Waals surface area (Å²) in [6, 6.07) is 1.91. The summed E-state index contributed by atoms with van der Waals surface area (Å²) < 4.78 is 5.09. The lowest BCUT2D eigenvalue weighted by Crippen LogP contribution is -2.35. The highest BCUT2D eigenvalue weighted by molar-refractivity contribution is 7.13. The third-order valence-electron chi connectivity index (χ3n) is 5.07. The predicted octanol–water partition coefficient (Wildman–Crippen LogP) is 3.09. The molecule has 2 fully saturated rings. The van der Waals surface area contributed by atoms with Crippen molar-refractivity contribution in [3.05, 3.63) is 29.7 Å². The van der Waals surface area contributed by atoms with E-state index in [-0.39, 0.29) is 0 Å². The first-order chi connectivity index (χ1) is 10.7. The normalized spacial score (nSPS) is 28.1. The smallest absolute Gasteiger partial charge is 0.311 e. The Bertz CT molecular complexity index is 681. The number of carboxylic acids is 1. The molecule has 2 aromatic heterocycles. The highest BCUT2D eigenvalue weighted by Crippen LogP contribution is 2.49. The number of rotatable bonds is 4. The molecule has 1 N–H and O–H groups in total. The summed E-state index contributed by atoms with van der Waals surface area (Å²) >= 11 is 1.60. The highest BCUT2D eigenvalue weighted by atomic mass is 32.1. The lowest BCUT2D eigenvalue weighted by molar-refractivity contribution is -0.149. The van der Waals surface area contributed by atoms with E-state index >= 15 is 0 Å². The molecule has 0 aromatic carbocycles. The number of furan rings is 1. The van der Waals surface area contributed by atoms with Gasteiger partial charge < -0.3 is 9.52 Å². The summed E-state index contributed by atoms with van der Waals surface area (Å²) in [6.45, 7) is 2.27. The lowest BCUT2D eigenvalue weighted by atomic mass is 9.81. The number of likely N-dealkylation sites (tertiary alicyclic amines) is 1. The van der Waals surface area contributed by atoms with Crippen LogP contribution < -0.4 is 0 Å². The Morgan fingerprint density at radius 2 is 2.50 bits per heavy atom. The molecule has 3 heterocycles. The van der Waals surface area contributed by atoms with Crippen molar-refractivity contribution in [2.45, 2.75) is 25.8 Å². The minimum Gasteiger partial charge on any atom is -0.481 e. The Labute approximate surface area is 132 Å². The van der Waals surface area contributed by atoms with Crippen LogP contribution in [0.1, 0.15) is 25.0 Å². The standard InChI is InChI=1S/C16H18N2O3S/c19-15(20)16-4-1-2-12(16)6-18(10-16)7-13-9-22-14(17-13)11-3-5-21-8-11/h3,5,8-9,12H,1-2,4,6-7,10H2,(H,19,20)/t12-,16+/m0/s1. The third kappa shape index (κ3) is 2.18. The van der Waals surface area contributed by atoms with Crippen LogP contribution in [0.3, 0.4) is 0 Å². The van der Waals surface area contributed by atoms with Crippen molar-refractivity contribution < 1.29 is 14.3 Å². The van der Waals surface area contributed by atoms with E-state index in [1.165, 1.54) is 0 Å². The van der Waals surface area contributed by atoms with E-state index in [0.717, 1.165) is 48.6 Å². The van der Waals surface area contributed by atoms with Gasteiger partial charge in [0.15, 0.2) is 0 Å². The van der Waals surface area contributed by atoms with E-state index in [4.69, 9.17) is 4.42 Å². The van der Waals surface area contributed by atoms with Gasteiger partial charge in [-0.3, -0.25) is 9.69 Å². The Morgan fingerprint density at radius 3 is 3.23 bits per heavy atom. The van der Waals surface area contributed by atoms with Gasteiger partial charge in [-0.25, -0.2) is 4.98 Å². The summed E-state index contributed by atoms with van der Waals surface area (Å²) in [5.74, 6) is -0.313. The molecule has 2 aliphatic rings. The number of nitrogens with zero attached hydrogens (tertiary/aromatic N) is 2. The fourth-order valence-electron chi connectivity index (χ4n) is 3.99. The monoisotopic (exact) mass is 318 g/mol. The van der Waals surface area contributed by atoms with Crippen LogP contribution in [0.4, 0.5) is 0 Å². The first-order valence-electron chi connectivity index (χ1n) is 7.60.